The molecule has 9 heteroatoms. The SMILES string of the molecule is Cc1nc(Nc2cnn(CCO)c2)nc2c1CCN2Cc1ccc(NC#N)cc1. The zero-order chi connectivity index (χ0) is 20.2. The van der Waals surface area contributed by atoms with Crippen molar-refractivity contribution in [3.8, 4) is 6.19 Å². The van der Waals surface area contributed by atoms with Crippen LogP contribution in [0.5, 0.6) is 0 Å². The van der Waals surface area contributed by atoms with Crippen LogP contribution in [0.3, 0.4) is 0 Å². The maximum Gasteiger partial charge on any atom is 0.229 e. The van der Waals surface area contributed by atoms with Crippen molar-refractivity contribution in [1.82, 2.24) is 19.7 Å². The molecular weight excluding hydrogens is 368 g/mol. The van der Waals surface area contributed by atoms with E-state index in [1.165, 1.54) is 5.56 Å². The lowest BCUT2D eigenvalue weighted by molar-refractivity contribution is 0.269. The molecule has 1 aliphatic heterocycles. The van der Waals surface area contributed by atoms with Crippen LogP contribution >= 0.6 is 0 Å². The average molecular weight is 390 g/mol. The van der Waals surface area contributed by atoms with Crippen LogP contribution in [-0.2, 0) is 19.5 Å². The molecule has 9 nitrogen and oxygen atoms in total. The molecule has 0 bridgehead atoms. The summed E-state index contributed by atoms with van der Waals surface area (Å²) in [6, 6.07) is 7.83. The lowest BCUT2D eigenvalue weighted by Gasteiger charge is -2.19. The molecule has 1 aliphatic rings. The van der Waals surface area contributed by atoms with E-state index < -0.39 is 0 Å². The van der Waals surface area contributed by atoms with E-state index in [-0.39, 0.29) is 6.61 Å². The number of aliphatic hydroxyl groups excluding tert-OH is 1. The second-order valence-electron chi connectivity index (χ2n) is 6.88. The first kappa shape index (κ1) is 18.7. The summed E-state index contributed by atoms with van der Waals surface area (Å²) < 4.78 is 1.67. The van der Waals surface area contributed by atoms with Crippen molar-refractivity contribution in [2.75, 3.05) is 28.7 Å². The third-order valence-electron chi connectivity index (χ3n) is 4.87. The molecule has 0 saturated carbocycles. The van der Waals surface area contributed by atoms with Crippen molar-refractivity contribution in [2.24, 2.45) is 0 Å². The second-order valence-corrected chi connectivity index (χ2v) is 6.88. The molecule has 0 atom stereocenters. The van der Waals surface area contributed by atoms with Crippen LogP contribution in [0.25, 0.3) is 0 Å². The van der Waals surface area contributed by atoms with Crippen LogP contribution in [0.1, 0.15) is 16.8 Å². The van der Waals surface area contributed by atoms with Gasteiger partial charge in [-0.25, -0.2) is 4.98 Å². The largest absolute Gasteiger partial charge is 0.394 e. The number of benzene rings is 1. The van der Waals surface area contributed by atoms with Gasteiger partial charge in [-0.2, -0.15) is 15.3 Å². The Morgan fingerprint density at radius 1 is 1.21 bits per heavy atom. The Kier molecular flexibility index (Phi) is 5.27. The first-order valence-corrected chi connectivity index (χ1v) is 9.43. The van der Waals surface area contributed by atoms with Gasteiger partial charge in [-0.05, 0) is 31.0 Å². The molecule has 1 aromatic carbocycles. The average Bonchev–Trinajstić information content (AvgIpc) is 3.31. The molecule has 4 rings (SSSR count). The van der Waals surface area contributed by atoms with Crippen molar-refractivity contribution in [3.63, 3.8) is 0 Å². The highest BCUT2D eigenvalue weighted by Gasteiger charge is 2.24. The summed E-state index contributed by atoms with van der Waals surface area (Å²) in [6.07, 6.45) is 6.36. The highest BCUT2D eigenvalue weighted by Crippen LogP contribution is 2.31. The predicted molar refractivity (Wildman–Crippen MR) is 110 cm³/mol. The monoisotopic (exact) mass is 390 g/mol. The minimum atomic E-state index is 0.0398. The molecule has 29 heavy (non-hydrogen) atoms. The fourth-order valence-electron chi connectivity index (χ4n) is 3.46. The minimum Gasteiger partial charge on any atom is -0.394 e. The number of nitriles is 1. The van der Waals surface area contributed by atoms with Crippen LogP contribution in [-0.4, -0.2) is 38.0 Å². The minimum absolute atomic E-state index is 0.0398. The molecule has 0 amide bonds. The van der Waals surface area contributed by atoms with Gasteiger partial charge < -0.3 is 15.3 Å². The number of aliphatic hydroxyl groups is 1. The van der Waals surface area contributed by atoms with Crippen LogP contribution in [0.4, 0.5) is 23.1 Å². The maximum atomic E-state index is 9.02. The number of fused-ring (bicyclic) bond motifs is 1. The first-order valence-electron chi connectivity index (χ1n) is 9.43. The molecule has 148 valence electrons. The van der Waals surface area contributed by atoms with E-state index in [0.717, 1.165) is 48.0 Å². The zero-order valence-electron chi connectivity index (χ0n) is 16.1. The molecule has 0 saturated heterocycles. The summed E-state index contributed by atoms with van der Waals surface area (Å²) in [4.78, 5) is 11.6. The van der Waals surface area contributed by atoms with Crippen molar-refractivity contribution < 1.29 is 5.11 Å². The summed E-state index contributed by atoms with van der Waals surface area (Å²) >= 11 is 0. The third-order valence-corrected chi connectivity index (χ3v) is 4.87. The van der Waals surface area contributed by atoms with Crippen molar-refractivity contribution >= 4 is 23.1 Å². The molecule has 3 heterocycles. The Labute approximate surface area is 168 Å². The number of hydrogen-bond donors (Lipinski definition) is 3. The molecule has 2 aromatic heterocycles. The summed E-state index contributed by atoms with van der Waals surface area (Å²) in [6.45, 7) is 4.12. The molecule has 0 unspecified atom stereocenters. The lowest BCUT2D eigenvalue weighted by Crippen LogP contribution is -2.21. The number of aromatic nitrogens is 4. The van der Waals surface area contributed by atoms with E-state index in [0.29, 0.717) is 12.5 Å². The lowest BCUT2D eigenvalue weighted by atomic mass is 10.2. The number of hydrogen-bond acceptors (Lipinski definition) is 8. The number of nitrogens with one attached hydrogen (secondary N) is 2. The Balaban J connectivity index is 1.52. The highest BCUT2D eigenvalue weighted by molar-refractivity contribution is 5.60. The summed E-state index contributed by atoms with van der Waals surface area (Å²) in [7, 11) is 0. The smallest absolute Gasteiger partial charge is 0.229 e. The van der Waals surface area contributed by atoms with Crippen LogP contribution < -0.4 is 15.5 Å². The van der Waals surface area contributed by atoms with Gasteiger partial charge in [0.2, 0.25) is 5.95 Å². The summed E-state index contributed by atoms with van der Waals surface area (Å²) in [5.74, 6) is 1.48. The molecule has 3 aromatic rings. The Morgan fingerprint density at radius 3 is 2.79 bits per heavy atom. The Hall–Kier alpha value is -3.64. The Bertz CT molecular complexity index is 1040. The number of rotatable bonds is 7. The summed E-state index contributed by atoms with van der Waals surface area (Å²) in [5, 5.41) is 27.8. The molecule has 0 radical (unpaired) electrons. The van der Waals surface area contributed by atoms with Crippen molar-refractivity contribution in [2.45, 2.75) is 26.4 Å². The standard InChI is InChI=1S/C20H22N8O/c1-14-18-6-7-27(11-15-2-4-16(5-3-15)22-13-21)19(18)26-20(24-14)25-17-10-23-28(12-17)8-9-29/h2-5,10,12,22,29H,6-9,11H2,1H3,(H,24,25,26). The van der Waals surface area contributed by atoms with Gasteiger partial charge in [-0.3, -0.25) is 10.00 Å². The fourth-order valence-corrected chi connectivity index (χ4v) is 3.46. The normalized spacial score (nSPS) is 12.5. The number of anilines is 4. The molecule has 0 spiro atoms. The van der Waals surface area contributed by atoms with E-state index in [1.807, 2.05) is 43.6 Å². The predicted octanol–water partition coefficient (Wildman–Crippen LogP) is 2.17. The molecule has 3 N–H and O–H groups in total. The molecule has 0 fully saturated rings. The zero-order valence-corrected chi connectivity index (χ0v) is 16.1. The van der Waals surface area contributed by atoms with E-state index in [1.54, 1.807) is 10.9 Å². The molecular formula is C20H22N8O. The highest BCUT2D eigenvalue weighted by atomic mass is 16.3. The third kappa shape index (κ3) is 4.12. The van der Waals surface area contributed by atoms with Crippen LogP contribution in [0.2, 0.25) is 0 Å². The number of nitrogens with zero attached hydrogens (tertiary/aromatic N) is 6. The van der Waals surface area contributed by atoms with Gasteiger partial charge in [0.1, 0.15) is 5.82 Å². The van der Waals surface area contributed by atoms with Crippen LogP contribution in [0.15, 0.2) is 36.7 Å². The van der Waals surface area contributed by atoms with Gasteiger partial charge in [0.15, 0.2) is 6.19 Å². The van der Waals surface area contributed by atoms with Crippen molar-refractivity contribution in [1.29, 1.82) is 5.26 Å². The van der Waals surface area contributed by atoms with Gasteiger partial charge in [0, 0.05) is 36.2 Å². The van der Waals surface area contributed by atoms with E-state index >= 15 is 0 Å². The van der Waals surface area contributed by atoms with E-state index in [9.17, 15) is 0 Å². The van der Waals surface area contributed by atoms with Gasteiger partial charge in [0.25, 0.3) is 0 Å². The first-order chi connectivity index (χ1) is 14.2. The quantitative estimate of drug-likeness (QED) is 0.415. The van der Waals surface area contributed by atoms with E-state index in [4.69, 9.17) is 15.4 Å². The number of aryl methyl sites for hydroxylation is 1. The van der Waals surface area contributed by atoms with Gasteiger partial charge >= 0.3 is 0 Å². The van der Waals surface area contributed by atoms with Gasteiger partial charge in [-0.15, -0.1) is 0 Å². The van der Waals surface area contributed by atoms with Gasteiger partial charge in [-0.1, -0.05) is 12.1 Å². The van der Waals surface area contributed by atoms with Crippen molar-refractivity contribution in [3.05, 3.63) is 53.5 Å². The van der Waals surface area contributed by atoms with Crippen LogP contribution in [0, 0.1) is 18.4 Å². The summed E-state index contributed by atoms with van der Waals surface area (Å²) in [5.41, 5.74) is 4.86. The fraction of sp³-hybridized carbons (Fsp3) is 0.300. The van der Waals surface area contributed by atoms with Gasteiger partial charge in [0.05, 0.1) is 25.0 Å². The van der Waals surface area contributed by atoms with E-state index in [2.05, 4.69) is 25.6 Å². The topological polar surface area (TPSA) is 115 Å². The second kappa shape index (κ2) is 8.16. The maximum absolute atomic E-state index is 9.02. The molecule has 0 aliphatic carbocycles. The Morgan fingerprint density at radius 2 is 2.03 bits per heavy atom.